The number of thiazole rings is 1. The minimum atomic E-state index is -0.979. The quantitative estimate of drug-likeness (QED) is 0.574. The molecule has 170 valence electrons. The van der Waals surface area contributed by atoms with Gasteiger partial charge in [0, 0.05) is 16.0 Å². The predicted molar refractivity (Wildman–Crippen MR) is 126 cm³/mol. The van der Waals surface area contributed by atoms with Crippen molar-refractivity contribution >= 4 is 39.9 Å². The van der Waals surface area contributed by atoms with Crippen molar-refractivity contribution in [2.45, 2.75) is 44.6 Å². The molecule has 2 aliphatic rings. The van der Waals surface area contributed by atoms with Crippen molar-refractivity contribution in [1.82, 2.24) is 4.98 Å². The average Bonchev–Trinajstić information content (AvgIpc) is 3.46. The van der Waals surface area contributed by atoms with Crippen LogP contribution in [0.3, 0.4) is 0 Å². The van der Waals surface area contributed by atoms with Gasteiger partial charge in [0.25, 0.3) is 0 Å². The Morgan fingerprint density at radius 3 is 2.69 bits per heavy atom. The molecule has 2 heterocycles. The number of benzene rings is 1. The van der Waals surface area contributed by atoms with Gasteiger partial charge in [-0.1, -0.05) is 67.6 Å². The molecule has 1 aliphatic heterocycles. The van der Waals surface area contributed by atoms with Crippen LogP contribution in [0.15, 0.2) is 41.8 Å². The normalized spacial score (nSPS) is 24.5. The summed E-state index contributed by atoms with van der Waals surface area (Å²) in [6, 6.07) is 6.77. The first-order valence-corrected chi connectivity index (χ1v) is 12.3. The van der Waals surface area contributed by atoms with Gasteiger partial charge in [-0.05, 0) is 24.3 Å². The van der Waals surface area contributed by atoms with E-state index in [1.54, 1.807) is 6.07 Å². The first-order valence-electron chi connectivity index (χ1n) is 11.0. The molecule has 0 radical (unpaired) electrons. The number of halogens is 1. The van der Waals surface area contributed by atoms with Crippen molar-refractivity contribution in [2.75, 3.05) is 11.5 Å². The van der Waals surface area contributed by atoms with Gasteiger partial charge in [-0.2, -0.15) is 0 Å². The Kier molecular flexibility index (Phi) is 7.28. The summed E-state index contributed by atoms with van der Waals surface area (Å²) in [4.78, 5) is 31.7. The summed E-state index contributed by atoms with van der Waals surface area (Å²) in [5.74, 6) is -1.58. The molecule has 6 nitrogen and oxygen atoms in total. The molecule has 2 aromatic rings. The number of carbonyl (C=O) groups excluding carboxylic acids is 1. The highest BCUT2D eigenvalue weighted by Gasteiger charge is 2.41. The number of nitrogens with zero attached hydrogens (tertiary/aromatic N) is 2. The number of hydrogen-bond acceptors (Lipinski definition) is 5. The second kappa shape index (κ2) is 10.1. The van der Waals surface area contributed by atoms with Crippen molar-refractivity contribution in [3.63, 3.8) is 0 Å². The summed E-state index contributed by atoms with van der Waals surface area (Å²) >= 11 is 7.62. The fourth-order valence-corrected chi connectivity index (χ4v) is 6.17. The maximum atomic E-state index is 13.8. The van der Waals surface area contributed by atoms with Crippen LogP contribution in [-0.4, -0.2) is 39.7 Å². The molecule has 1 saturated carbocycles. The lowest BCUT2D eigenvalue weighted by molar-refractivity contribution is -0.142. The summed E-state index contributed by atoms with van der Waals surface area (Å²) < 4.78 is 0. The smallest absolute Gasteiger partial charge is 0.304 e. The molecule has 0 spiro atoms. The number of rotatable bonds is 6. The number of aliphatic hydroxyl groups is 1. The van der Waals surface area contributed by atoms with E-state index in [-0.39, 0.29) is 24.9 Å². The lowest BCUT2D eigenvalue weighted by Crippen LogP contribution is -2.48. The lowest BCUT2D eigenvalue weighted by atomic mass is 9.75. The van der Waals surface area contributed by atoms with E-state index in [2.05, 4.69) is 4.98 Å². The zero-order chi connectivity index (χ0) is 22.7. The molecule has 2 N–H and O–H groups in total. The van der Waals surface area contributed by atoms with Gasteiger partial charge in [0.05, 0.1) is 30.7 Å². The van der Waals surface area contributed by atoms with Crippen LogP contribution >= 0.6 is 22.9 Å². The van der Waals surface area contributed by atoms with Crippen molar-refractivity contribution in [3.8, 4) is 11.3 Å². The number of aliphatic carboxylic acids is 1. The molecule has 0 unspecified atom stereocenters. The van der Waals surface area contributed by atoms with E-state index < -0.39 is 17.9 Å². The highest BCUT2D eigenvalue weighted by Crippen LogP contribution is 2.42. The Balaban J connectivity index is 1.73. The fraction of sp³-hybridized carbons (Fsp3) is 0.458. The summed E-state index contributed by atoms with van der Waals surface area (Å²) in [6.45, 7) is -0.267. The summed E-state index contributed by atoms with van der Waals surface area (Å²) in [5.41, 5.74) is 1.41. The molecule has 1 aromatic heterocycles. The molecule has 1 amide bonds. The van der Waals surface area contributed by atoms with Gasteiger partial charge in [-0.15, -0.1) is 11.3 Å². The van der Waals surface area contributed by atoms with Crippen LogP contribution in [-0.2, 0) is 9.59 Å². The van der Waals surface area contributed by atoms with E-state index in [9.17, 15) is 19.8 Å². The summed E-state index contributed by atoms with van der Waals surface area (Å²) in [6.07, 6.45) is 8.59. The number of hydrogen-bond donors (Lipinski definition) is 2. The van der Waals surface area contributed by atoms with Crippen LogP contribution in [0, 0.1) is 17.8 Å². The monoisotopic (exact) mass is 474 g/mol. The minimum Gasteiger partial charge on any atom is -0.481 e. The van der Waals surface area contributed by atoms with Gasteiger partial charge in [0.15, 0.2) is 5.13 Å². The summed E-state index contributed by atoms with van der Waals surface area (Å²) in [5, 5.41) is 22.5. The number of carbonyl (C=O) groups is 2. The number of carboxylic acids is 1. The molecule has 0 bridgehead atoms. The molecule has 1 aliphatic carbocycles. The molecular formula is C24H27ClN2O4S. The van der Waals surface area contributed by atoms with Crippen molar-refractivity contribution < 1.29 is 19.8 Å². The topological polar surface area (TPSA) is 90.7 Å². The minimum absolute atomic E-state index is 0.0255. The third-order valence-electron chi connectivity index (χ3n) is 6.60. The van der Waals surface area contributed by atoms with Crippen LogP contribution in [0.1, 0.15) is 38.5 Å². The Bertz CT molecular complexity index is 1000. The highest BCUT2D eigenvalue weighted by atomic mass is 35.5. The molecule has 8 heteroatoms. The van der Waals surface area contributed by atoms with Crippen LogP contribution < -0.4 is 4.90 Å². The van der Waals surface area contributed by atoms with Gasteiger partial charge < -0.3 is 10.2 Å². The number of carboxylic acid groups (broad SMARTS) is 1. The third-order valence-corrected chi connectivity index (χ3v) is 7.77. The standard InChI is InChI=1S/C24H27ClN2O4S/c25-20-11-4-3-9-18(20)21-14-32-24(26-21)27-16(13-28)8-5-10-17(15-6-1-2-7-15)19(23(27)31)12-22(29)30/h3-5,8-9,11,14-17,19,28H,1-2,6-7,10,12-13H2,(H,29,30)/t16-,17-,19+/m1/s1. The molecular weight excluding hydrogens is 448 g/mol. The zero-order valence-electron chi connectivity index (χ0n) is 17.7. The molecule has 1 fully saturated rings. The number of aromatic nitrogens is 1. The molecule has 32 heavy (non-hydrogen) atoms. The van der Waals surface area contributed by atoms with E-state index in [0.717, 1.165) is 31.2 Å². The largest absolute Gasteiger partial charge is 0.481 e. The Hall–Kier alpha value is -2.22. The number of anilines is 1. The second-order valence-electron chi connectivity index (χ2n) is 8.53. The van der Waals surface area contributed by atoms with E-state index in [0.29, 0.717) is 28.2 Å². The van der Waals surface area contributed by atoms with Crippen LogP contribution in [0.5, 0.6) is 0 Å². The first-order chi connectivity index (χ1) is 15.5. The van der Waals surface area contributed by atoms with Gasteiger partial charge in [0.2, 0.25) is 5.91 Å². The molecule has 4 rings (SSSR count). The van der Waals surface area contributed by atoms with E-state index in [1.807, 2.05) is 35.7 Å². The number of allylic oxidation sites excluding steroid dienone is 1. The van der Waals surface area contributed by atoms with Crippen LogP contribution in [0.4, 0.5) is 5.13 Å². The second-order valence-corrected chi connectivity index (χ2v) is 9.77. The van der Waals surface area contributed by atoms with Gasteiger partial charge >= 0.3 is 5.97 Å². The zero-order valence-corrected chi connectivity index (χ0v) is 19.3. The van der Waals surface area contributed by atoms with E-state index in [1.165, 1.54) is 16.2 Å². The maximum absolute atomic E-state index is 13.8. The Morgan fingerprint density at radius 1 is 1.25 bits per heavy atom. The number of aliphatic hydroxyl groups excluding tert-OH is 1. The third kappa shape index (κ3) is 4.75. The van der Waals surface area contributed by atoms with Crippen molar-refractivity contribution in [1.29, 1.82) is 0 Å². The van der Waals surface area contributed by atoms with Gasteiger partial charge in [-0.25, -0.2) is 4.98 Å². The van der Waals surface area contributed by atoms with E-state index >= 15 is 0 Å². The maximum Gasteiger partial charge on any atom is 0.304 e. The SMILES string of the molecule is O=C(O)C[C@@H]1C(=O)N(c2nc(-c3ccccc3Cl)cs2)[C@@H](CO)C=CC[C@@H]1C1CCCC1. The Morgan fingerprint density at radius 2 is 2.00 bits per heavy atom. The Labute approximate surface area is 196 Å². The van der Waals surface area contributed by atoms with Gasteiger partial charge in [0.1, 0.15) is 0 Å². The fourth-order valence-electron chi connectivity index (χ4n) is 5.05. The predicted octanol–water partition coefficient (Wildman–Crippen LogP) is 5.01. The molecule has 3 atom stereocenters. The highest BCUT2D eigenvalue weighted by molar-refractivity contribution is 7.14. The van der Waals surface area contributed by atoms with Crippen LogP contribution in [0.2, 0.25) is 5.02 Å². The average molecular weight is 475 g/mol. The van der Waals surface area contributed by atoms with Crippen molar-refractivity contribution in [2.24, 2.45) is 17.8 Å². The van der Waals surface area contributed by atoms with Crippen LogP contribution in [0.25, 0.3) is 11.3 Å². The molecule has 0 saturated heterocycles. The van der Waals surface area contributed by atoms with E-state index in [4.69, 9.17) is 11.6 Å². The summed E-state index contributed by atoms with van der Waals surface area (Å²) in [7, 11) is 0. The lowest BCUT2D eigenvalue weighted by Gasteiger charge is -2.37. The number of amides is 1. The first kappa shape index (κ1) is 23.0. The van der Waals surface area contributed by atoms with Gasteiger partial charge in [-0.3, -0.25) is 14.5 Å². The van der Waals surface area contributed by atoms with Crippen molar-refractivity contribution in [3.05, 3.63) is 46.8 Å². The molecule has 1 aromatic carbocycles.